The molecule has 0 spiro atoms. The summed E-state index contributed by atoms with van der Waals surface area (Å²) in [7, 11) is 0. The van der Waals surface area contributed by atoms with Crippen molar-refractivity contribution in [3.63, 3.8) is 0 Å². The number of benzene rings is 1. The van der Waals surface area contributed by atoms with Gasteiger partial charge in [-0.1, -0.05) is 41.6 Å². The first-order chi connectivity index (χ1) is 15.0. The Hall–Kier alpha value is -2.62. The Kier molecular flexibility index (Phi) is 6.45. The monoisotopic (exact) mass is 473 g/mol. The van der Waals surface area contributed by atoms with Crippen molar-refractivity contribution in [3.8, 4) is 0 Å². The first kappa shape index (κ1) is 21.6. The van der Waals surface area contributed by atoms with Crippen LogP contribution in [0.3, 0.4) is 0 Å². The fourth-order valence-electron chi connectivity index (χ4n) is 3.34. The largest absolute Gasteiger partial charge is 0.337 e. The third-order valence-electron chi connectivity index (χ3n) is 4.82. The molecule has 10 heteroatoms. The highest BCUT2D eigenvalue weighted by molar-refractivity contribution is 7.99. The molecule has 1 amide bonds. The summed E-state index contributed by atoms with van der Waals surface area (Å²) in [6.45, 7) is 7.12. The smallest absolute Gasteiger partial charge is 0.263 e. The van der Waals surface area contributed by atoms with Gasteiger partial charge in [-0.15, -0.1) is 28.1 Å². The van der Waals surface area contributed by atoms with E-state index in [1.165, 1.54) is 27.7 Å². The van der Waals surface area contributed by atoms with Crippen molar-refractivity contribution in [1.82, 2.24) is 24.1 Å². The number of carbonyl (C=O) groups excluding carboxylic acids is 1. The molecule has 1 aromatic carbocycles. The summed E-state index contributed by atoms with van der Waals surface area (Å²) in [5, 5.41) is 9.63. The maximum atomic E-state index is 12.9. The fourth-order valence-corrected chi connectivity index (χ4v) is 5.29. The molecule has 160 valence electrons. The van der Waals surface area contributed by atoms with Gasteiger partial charge >= 0.3 is 0 Å². The lowest BCUT2D eigenvalue weighted by Gasteiger charge is -2.19. The minimum Gasteiger partial charge on any atom is -0.337 e. The molecule has 4 aromatic rings. The van der Waals surface area contributed by atoms with Gasteiger partial charge in [-0.3, -0.25) is 18.6 Å². The number of amides is 1. The summed E-state index contributed by atoms with van der Waals surface area (Å²) in [5.74, 6) is 0.638. The van der Waals surface area contributed by atoms with Crippen LogP contribution in [-0.4, -0.2) is 42.3 Å². The second kappa shape index (κ2) is 9.25. The molecule has 7 nitrogen and oxygen atoms in total. The third kappa shape index (κ3) is 4.26. The zero-order chi connectivity index (χ0) is 22.0. The highest BCUT2D eigenvalue weighted by Gasteiger charge is 2.19. The van der Waals surface area contributed by atoms with E-state index in [1.807, 2.05) is 41.7 Å². The number of thiophene rings is 1. The molecule has 3 heterocycles. The van der Waals surface area contributed by atoms with Crippen LogP contribution >= 0.6 is 34.7 Å². The van der Waals surface area contributed by atoms with Crippen molar-refractivity contribution >= 4 is 57.3 Å². The molecule has 0 N–H and O–H groups in total. The summed E-state index contributed by atoms with van der Waals surface area (Å²) in [4.78, 5) is 28.5. The van der Waals surface area contributed by atoms with Crippen LogP contribution in [0.1, 0.15) is 11.8 Å². The number of thioether (sulfide) groups is 1. The van der Waals surface area contributed by atoms with Crippen molar-refractivity contribution in [2.75, 3.05) is 12.3 Å². The van der Waals surface area contributed by atoms with Gasteiger partial charge in [0, 0.05) is 18.0 Å². The Morgan fingerprint density at radius 1 is 1.29 bits per heavy atom. The molecular formula is C21H20ClN5O2S2. The number of aromatic nitrogens is 4. The van der Waals surface area contributed by atoms with E-state index in [-0.39, 0.29) is 17.2 Å². The standard InChI is InChI=1S/C21H20ClN5O2S2/c1-3-11-26-19(29)15-7-5-6-8-16(15)27-20(26)23-24-21(27)30-13-18(28)25(4-2)12-14-9-10-17(22)31-14/h3,5-10H,1,4,11-13H2,2H3. The van der Waals surface area contributed by atoms with Crippen molar-refractivity contribution in [2.24, 2.45) is 0 Å². The highest BCUT2D eigenvalue weighted by Crippen LogP contribution is 2.24. The van der Waals surface area contributed by atoms with Crippen molar-refractivity contribution in [2.45, 2.75) is 25.2 Å². The lowest BCUT2D eigenvalue weighted by Crippen LogP contribution is -2.31. The van der Waals surface area contributed by atoms with Gasteiger partial charge in [0.25, 0.3) is 5.56 Å². The molecule has 0 aliphatic heterocycles. The summed E-state index contributed by atoms with van der Waals surface area (Å²) >= 11 is 8.79. The van der Waals surface area contributed by atoms with E-state index in [0.717, 1.165) is 4.88 Å². The lowest BCUT2D eigenvalue weighted by atomic mass is 10.2. The van der Waals surface area contributed by atoms with E-state index in [2.05, 4.69) is 16.8 Å². The number of hydrogen-bond donors (Lipinski definition) is 0. The molecule has 0 fully saturated rings. The summed E-state index contributed by atoms with van der Waals surface area (Å²) in [5.41, 5.74) is 0.568. The van der Waals surface area contributed by atoms with Crippen molar-refractivity contribution in [3.05, 3.63) is 68.6 Å². The quantitative estimate of drug-likeness (QED) is 0.285. The van der Waals surface area contributed by atoms with Gasteiger partial charge in [-0.2, -0.15) is 0 Å². The van der Waals surface area contributed by atoms with E-state index >= 15 is 0 Å². The topological polar surface area (TPSA) is 72.5 Å². The number of hydrogen-bond acceptors (Lipinski definition) is 6. The first-order valence-electron chi connectivity index (χ1n) is 9.65. The second-order valence-corrected chi connectivity index (χ2v) is 9.48. The molecule has 3 aromatic heterocycles. The van der Waals surface area contributed by atoms with Crippen molar-refractivity contribution < 1.29 is 4.79 Å². The number of nitrogens with zero attached hydrogens (tertiary/aromatic N) is 5. The van der Waals surface area contributed by atoms with Gasteiger partial charge in [-0.05, 0) is 31.2 Å². The molecule has 0 radical (unpaired) electrons. The summed E-state index contributed by atoms with van der Waals surface area (Å²) in [6.07, 6.45) is 1.65. The van der Waals surface area contributed by atoms with E-state index in [4.69, 9.17) is 11.6 Å². The van der Waals surface area contributed by atoms with E-state index < -0.39 is 0 Å². The molecule has 0 saturated carbocycles. The predicted molar refractivity (Wildman–Crippen MR) is 126 cm³/mol. The van der Waals surface area contributed by atoms with Crippen LogP contribution in [-0.2, 0) is 17.9 Å². The Labute approximate surface area is 192 Å². The van der Waals surface area contributed by atoms with Gasteiger partial charge < -0.3 is 4.90 Å². The maximum absolute atomic E-state index is 12.9. The zero-order valence-electron chi connectivity index (χ0n) is 16.8. The SMILES string of the molecule is C=CCn1c(=O)c2ccccc2n2c(SCC(=O)N(CC)Cc3ccc(Cl)s3)nnc12. The van der Waals surface area contributed by atoms with Gasteiger partial charge in [-0.25, -0.2) is 0 Å². The summed E-state index contributed by atoms with van der Waals surface area (Å²) < 4.78 is 4.07. The number of carbonyl (C=O) groups is 1. The Morgan fingerprint density at radius 3 is 2.81 bits per heavy atom. The molecule has 4 rings (SSSR count). The zero-order valence-corrected chi connectivity index (χ0v) is 19.2. The molecule has 0 unspecified atom stereocenters. The minimum atomic E-state index is -0.144. The molecule has 0 aliphatic carbocycles. The van der Waals surface area contributed by atoms with Crippen LogP contribution in [0.15, 0.2) is 59.0 Å². The van der Waals surface area contributed by atoms with Crippen LogP contribution in [0, 0.1) is 0 Å². The minimum absolute atomic E-state index is 0.00232. The maximum Gasteiger partial charge on any atom is 0.263 e. The predicted octanol–water partition coefficient (Wildman–Crippen LogP) is 4.09. The number of fused-ring (bicyclic) bond motifs is 3. The van der Waals surface area contributed by atoms with Crippen LogP contribution in [0.5, 0.6) is 0 Å². The first-order valence-corrected chi connectivity index (χ1v) is 11.8. The average Bonchev–Trinajstić information content (AvgIpc) is 3.39. The third-order valence-corrected chi connectivity index (χ3v) is 6.95. The van der Waals surface area contributed by atoms with Crippen LogP contribution in [0.2, 0.25) is 4.34 Å². The molecular weight excluding hydrogens is 454 g/mol. The van der Waals surface area contributed by atoms with Crippen LogP contribution < -0.4 is 5.56 Å². The van der Waals surface area contributed by atoms with Gasteiger partial charge in [0.15, 0.2) is 5.16 Å². The van der Waals surface area contributed by atoms with E-state index in [9.17, 15) is 9.59 Å². The second-order valence-electron chi connectivity index (χ2n) is 6.74. The fraction of sp³-hybridized carbons (Fsp3) is 0.238. The molecule has 0 atom stereocenters. The lowest BCUT2D eigenvalue weighted by molar-refractivity contribution is -0.128. The Bertz CT molecular complexity index is 1330. The molecule has 0 aliphatic rings. The van der Waals surface area contributed by atoms with Gasteiger partial charge in [0.1, 0.15) is 0 Å². The highest BCUT2D eigenvalue weighted by atomic mass is 35.5. The normalized spacial score (nSPS) is 11.3. The number of halogens is 1. The molecule has 0 saturated heterocycles. The van der Waals surface area contributed by atoms with Crippen LogP contribution in [0.25, 0.3) is 16.7 Å². The number of para-hydroxylation sites is 1. The number of allylic oxidation sites excluding steroid dienone is 1. The van der Waals surface area contributed by atoms with E-state index in [0.29, 0.717) is 45.8 Å². The van der Waals surface area contributed by atoms with Crippen LogP contribution in [0.4, 0.5) is 0 Å². The van der Waals surface area contributed by atoms with Gasteiger partial charge in [0.2, 0.25) is 11.7 Å². The average molecular weight is 474 g/mol. The summed E-state index contributed by atoms with van der Waals surface area (Å²) in [6, 6.07) is 11.1. The van der Waals surface area contributed by atoms with E-state index in [1.54, 1.807) is 17.0 Å². The van der Waals surface area contributed by atoms with Gasteiger partial charge in [0.05, 0.1) is 27.5 Å². The molecule has 0 bridgehead atoms. The number of rotatable bonds is 8. The Balaban J connectivity index is 1.63. The van der Waals surface area contributed by atoms with Crippen molar-refractivity contribution in [1.29, 1.82) is 0 Å². The Morgan fingerprint density at radius 2 is 2.10 bits per heavy atom. The molecule has 31 heavy (non-hydrogen) atoms.